The van der Waals surface area contributed by atoms with Crippen LogP contribution in [0.3, 0.4) is 0 Å². The van der Waals surface area contributed by atoms with Gasteiger partial charge in [0.2, 0.25) is 10.0 Å². The quantitative estimate of drug-likeness (QED) is 0.805. The molecule has 2 aromatic rings. The molecule has 0 saturated carbocycles. The van der Waals surface area contributed by atoms with E-state index in [9.17, 15) is 13.2 Å². The number of amides is 1. The molecule has 0 spiro atoms. The fourth-order valence-corrected chi connectivity index (χ4v) is 3.10. The standard InChI is InChI=1S/C17H20N2O4S/c1-3-18-24(21,22)16-11-5-13(6-12-16)17(20)19-14-7-9-15(10-8-14)23-4-2/h5-12,18H,3-4H2,1-2H3,(H,19,20). The second-order valence-electron chi connectivity index (χ2n) is 4.94. The molecule has 1 amide bonds. The van der Waals surface area contributed by atoms with Gasteiger partial charge in [-0.1, -0.05) is 6.92 Å². The van der Waals surface area contributed by atoms with Crippen molar-refractivity contribution in [2.75, 3.05) is 18.5 Å². The first-order valence-electron chi connectivity index (χ1n) is 7.60. The molecule has 7 heteroatoms. The van der Waals surface area contributed by atoms with Crippen LogP contribution in [0.4, 0.5) is 5.69 Å². The average molecular weight is 348 g/mol. The molecule has 0 aliphatic rings. The molecule has 0 aliphatic carbocycles. The number of sulfonamides is 1. The highest BCUT2D eigenvalue weighted by atomic mass is 32.2. The van der Waals surface area contributed by atoms with E-state index in [0.717, 1.165) is 5.75 Å². The third-order valence-electron chi connectivity index (χ3n) is 3.18. The first-order chi connectivity index (χ1) is 11.5. The molecule has 0 aromatic heterocycles. The summed E-state index contributed by atoms with van der Waals surface area (Å²) in [5, 5.41) is 2.75. The molecular formula is C17H20N2O4S. The average Bonchev–Trinajstić information content (AvgIpc) is 2.57. The Labute approximate surface area is 141 Å². The van der Waals surface area contributed by atoms with Crippen LogP contribution in [-0.4, -0.2) is 27.5 Å². The first-order valence-corrected chi connectivity index (χ1v) is 9.08. The van der Waals surface area contributed by atoms with Crippen LogP contribution in [-0.2, 0) is 10.0 Å². The third kappa shape index (κ3) is 4.56. The molecule has 0 bridgehead atoms. The Bertz CT molecular complexity index is 784. The van der Waals surface area contributed by atoms with Crippen LogP contribution in [0.2, 0.25) is 0 Å². The number of nitrogens with one attached hydrogen (secondary N) is 2. The van der Waals surface area contributed by atoms with E-state index in [2.05, 4.69) is 10.0 Å². The summed E-state index contributed by atoms with van der Waals surface area (Å²) in [5.74, 6) is 0.417. The van der Waals surface area contributed by atoms with E-state index >= 15 is 0 Å². The SMILES string of the molecule is CCNS(=O)(=O)c1ccc(C(=O)Nc2ccc(OCC)cc2)cc1. The van der Waals surface area contributed by atoms with Gasteiger partial charge in [0, 0.05) is 17.8 Å². The number of rotatable bonds is 7. The van der Waals surface area contributed by atoms with Gasteiger partial charge in [0.05, 0.1) is 11.5 Å². The molecule has 128 valence electrons. The van der Waals surface area contributed by atoms with Gasteiger partial charge in [0.25, 0.3) is 5.91 Å². The van der Waals surface area contributed by atoms with Gasteiger partial charge < -0.3 is 10.1 Å². The third-order valence-corrected chi connectivity index (χ3v) is 4.75. The van der Waals surface area contributed by atoms with Crippen molar-refractivity contribution in [1.29, 1.82) is 0 Å². The minimum Gasteiger partial charge on any atom is -0.494 e. The van der Waals surface area contributed by atoms with Crippen molar-refractivity contribution < 1.29 is 17.9 Å². The highest BCUT2D eigenvalue weighted by Gasteiger charge is 2.13. The Morgan fingerprint density at radius 2 is 1.62 bits per heavy atom. The van der Waals surface area contributed by atoms with E-state index in [-0.39, 0.29) is 10.8 Å². The normalized spacial score (nSPS) is 11.1. The molecule has 2 N–H and O–H groups in total. The van der Waals surface area contributed by atoms with Crippen molar-refractivity contribution in [3.63, 3.8) is 0 Å². The lowest BCUT2D eigenvalue weighted by atomic mass is 10.2. The summed E-state index contributed by atoms with van der Waals surface area (Å²) in [4.78, 5) is 12.3. The van der Waals surface area contributed by atoms with Gasteiger partial charge in [-0.3, -0.25) is 4.79 Å². The lowest BCUT2D eigenvalue weighted by Crippen LogP contribution is -2.23. The topological polar surface area (TPSA) is 84.5 Å². The molecule has 0 aliphatic heterocycles. The second-order valence-corrected chi connectivity index (χ2v) is 6.70. The van der Waals surface area contributed by atoms with E-state index in [4.69, 9.17) is 4.74 Å². The maximum atomic E-state index is 12.2. The predicted molar refractivity (Wildman–Crippen MR) is 92.9 cm³/mol. The number of hydrogen-bond acceptors (Lipinski definition) is 4. The number of carbonyl (C=O) groups is 1. The van der Waals surface area contributed by atoms with Gasteiger partial charge in [0.1, 0.15) is 5.75 Å². The number of ether oxygens (including phenoxy) is 1. The molecule has 2 aromatic carbocycles. The van der Waals surface area contributed by atoms with Crippen LogP contribution in [0.15, 0.2) is 53.4 Å². The summed E-state index contributed by atoms with van der Waals surface area (Å²) in [5.41, 5.74) is 1.01. The van der Waals surface area contributed by atoms with E-state index in [1.807, 2.05) is 6.92 Å². The van der Waals surface area contributed by atoms with Gasteiger partial charge in [-0.05, 0) is 55.5 Å². The molecule has 6 nitrogen and oxygen atoms in total. The van der Waals surface area contributed by atoms with Gasteiger partial charge >= 0.3 is 0 Å². The van der Waals surface area contributed by atoms with E-state index in [1.165, 1.54) is 24.3 Å². The molecule has 0 unspecified atom stereocenters. The van der Waals surface area contributed by atoms with Crippen LogP contribution in [0.1, 0.15) is 24.2 Å². The predicted octanol–water partition coefficient (Wildman–Crippen LogP) is 2.64. The summed E-state index contributed by atoms with van der Waals surface area (Å²) in [6.45, 7) is 4.49. The molecule has 0 saturated heterocycles. The first kappa shape index (κ1) is 18.0. The minimum absolute atomic E-state index is 0.127. The van der Waals surface area contributed by atoms with Crippen molar-refractivity contribution in [2.24, 2.45) is 0 Å². The lowest BCUT2D eigenvalue weighted by Gasteiger charge is -2.08. The Hall–Kier alpha value is -2.38. The number of benzene rings is 2. The Morgan fingerprint density at radius 1 is 1.00 bits per heavy atom. The van der Waals surface area contributed by atoms with E-state index in [0.29, 0.717) is 24.4 Å². The fraction of sp³-hybridized carbons (Fsp3) is 0.235. The second kappa shape index (κ2) is 7.94. The number of carbonyl (C=O) groups excluding carboxylic acids is 1. The van der Waals surface area contributed by atoms with Crippen molar-refractivity contribution in [3.05, 3.63) is 54.1 Å². The van der Waals surface area contributed by atoms with Crippen LogP contribution in [0, 0.1) is 0 Å². The van der Waals surface area contributed by atoms with Crippen LogP contribution < -0.4 is 14.8 Å². The molecule has 0 atom stereocenters. The molecule has 0 fully saturated rings. The van der Waals surface area contributed by atoms with E-state index in [1.54, 1.807) is 31.2 Å². The number of hydrogen-bond donors (Lipinski definition) is 2. The molecule has 24 heavy (non-hydrogen) atoms. The number of anilines is 1. The lowest BCUT2D eigenvalue weighted by molar-refractivity contribution is 0.102. The minimum atomic E-state index is -3.52. The highest BCUT2D eigenvalue weighted by molar-refractivity contribution is 7.89. The van der Waals surface area contributed by atoms with Crippen molar-refractivity contribution >= 4 is 21.6 Å². The monoisotopic (exact) mass is 348 g/mol. The molecule has 2 rings (SSSR count). The van der Waals surface area contributed by atoms with Crippen LogP contribution in [0.25, 0.3) is 0 Å². The van der Waals surface area contributed by atoms with E-state index < -0.39 is 10.0 Å². The largest absolute Gasteiger partial charge is 0.494 e. The van der Waals surface area contributed by atoms with Crippen molar-refractivity contribution in [2.45, 2.75) is 18.7 Å². The molecule has 0 radical (unpaired) electrons. The smallest absolute Gasteiger partial charge is 0.255 e. The zero-order valence-corrected chi connectivity index (χ0v) is 14.4. The van der Waals surface area contributed by atoms with Crippen molar-refractivity contribution in [3.8, 4) is 5.75 Å². The summed E-state index contributed by atoms with van der Waals surface area (Å²) < 4.78 is 31.5. The molecular weight excluding hydrogens is 328 g/mol. The maximum Gasteiger partial charge on any atom is 0.255 e. The summed E-state index contributed by atoms with van der Waals surface area (Å²) >= 11 is 0. The summed E-state index contributed by atoms with van der Waals surface area (Å²) in [6, 6.07) is 12.8. The summed E-state index contributed by atoms with van der Waals surface area (Å²) in [6.07, 6.45) is 0. The summed E-state index contributed by atoms with van der Waals surface area (Å²) in [7, 11) is -3.52. The fourth-order valence-electron chi connectivity index (χ4n) is 2.06. The Balaban J connectivity index is 2.07. The zero-order valence-electron chi connectivity index (χ0n) is 13.6. The zero-order chi connectivity index (χ0) is 17.6. The Kier molecular flexibility index (Phi) is 5.94. The van der Waals surface area contributed by atoms with Gasteiger partial charge in [-0.25, -0.2) is 13.1 Å². The van der Waals surface area contributed by atoms with Crippen LogP contribution in [0.5, 0.6) is 5.75 Å². The van der Waals surface area contributed by atoms with Gasteiger partial charge in [-0.2, -0.15) is 0 Å². The van der Waals surface area contributed by atoms with Crippen LogP contribution >= 0.6 is 0 Å². The van der Waals surface area contributed by atoms with Crippen molar-refractivity contribution in [1.82, 2.24) is 4.72 Å². The van der Waals surface area contributed by atoms with Gasteiger partial charge in [0.15, 0.2) is 0 Å². The highest BCUT2D eigenvalue weighted by Crippen LogP contribution is 2.17. The maximum absolute atomic E-state index is 12.2. The van der Waals surface area contributed by atoms with Gasteiger partial charge in [-0.15, -0.1) is 0 Å². The Morgan fingerprint density at radius 3 is 2.17 bits per heavy atom. The molecule has 0 heterocycles.